The number of hydrogen-bond donors (Lipinski definition) is 3. The smallest absolute Gasteiger partial charge is 0.408 e. The monoisotopic (exact) mass is 447 g/mol. The van der Waals surface area contributed by atoms with E-state index in [4.69, 9.17) is 4.74 Å². The molecule has 3 N–H and O–H groups in total. The number of unbranched alkanes of at least 4 members (excludes halogenated alkanes) is 2. The Morgan fingerprint density at radius 3 is 2.44 bits per heavy atom. The molecule has 2 unspecified atom stereocenters. The Balaban J connectivity index is 3.18. The zero-order valence-electron chi connectivity index (χ0n) is 19.8. The highest BCUT2D eigenvalue weighted by molar-refractivity contribution is 5.92. The average molecular weight is 448 g/mol. The normalized spacial score (nSPS) is 12.9. The van der Waals surface area contributed by atoms with Crippen molar-refractivity contribution < 1.29 is 24.2 Å². The number of hydrogen-bond acceptors (Lipinski definition) is 5. The largest absolute Gasteiger partial charge is 0.508 e. The molecule has 3 amide bonds. The van der Waals surface area contributed by atoms with E-state index in [1.54, 1.807) is 39.0 Å². The van der Waals surface area contributed by atoms with Crippen molar-refractivity contribution in [1.29, 1.82) is 0 Å². The molecule has 1 rings (SSSR count). The first-order valence-electron chi connectivity index (χ1n) is 11.0. The fourth-order valence-corrected chi connectivity index (χ4v) is 3.11. The van der Waals surface area contributed by atoms with Crippen molar-refractivity contribution >= 4 is 17.9 Å². The number of carbonyl (C=O) groups excluding carboxylic acids is 3. The number of benzene rings is 1. The molecule has 8 nitrogen and oxygen atoms in total. The maximum Gasteiger partial charge on any atom is 0.408 e. The zero-order valence-corrected chi connectivity index (χ0v) is 19.8. The van der Waals surface area contributed by atoms with Gasteiger partial charge in [-0.15, -0.1) is 6.58 Å². The van der Waals surface area contributed by atoms with Crippen LogP contribution in [0.15, 0.2) is 36.9 Å². The van der Waals surface area contributed by atoms with Crippen molar-refractivity contribution in [2.45, 2.75) is 71.6 Å². The van der Waals surface area contributed by atoms with Gasteiger partial charge in [-0.1, -0.05) is 44.0 Å². The Kier molecular flexibility index (Phi) is 10.7. The topological polar surface area (TPSA) is 108 Å². The third kappa shape index (κ3) is 8.61. The minimum Gasteiger partial charge on any atom is -0.508 e. The number of phenolic OH excluding ortho intramolecular Hbond substituents is 1. The Hall–Kier alpha value is -3.03. The van der Waals surface area contributed by atoms with Gasteiger partial charge in [0.2, 0.25) is 11.8 Å². The van der Waals surface area contributed by atoms with Gasteiger partial charge in [-0.3, -0.25) is 9.59 Å². The van der Waals surface area contributed by atoms with Crippen LogP contribution < -0.4 is 10.6 Å². The third-order valence-corrected chi connectivity index (χ3v) is 4.58. The lowest BCUT2D eigenvalue weighted by molar-refractivity contribution is -0.141. The number of aromatic hydroxyl groups is 1. The third-order valence-electron chi connectivity index (χ3n) is 4.58. The van der Waals surface area contributed by atoms with E-state index in [2.05, 4.69) is 24.1 Å². The number of carbonyl (C=O) groups is 3. The second-order valence-corrected chi connectivity index (χ2v) is 8.61. The molecule has 0 aliphatic carbocycles. The van der Waals surface area contributed by atoms with E-state index < -0.39 is 35.6 Å². The molecule has 0 radical (unpaired) electrons. The van der Waals surface area contributed by atoms with Gasteiger partial charge in [-0.2, -0.15) is 0 Å². The molecule has 0 aromatic heterocycles. The van der Waals surface area contributed by atoms with Gasteiger partial charge in [0.25, 0.3) is 0 Å². The molecule has 0 aliphatic rings. The summed E-state index contributed by atoms with van der Waals surface area (Å²) in [7, 11) is 0. The lowest BCUT2D eigenvalue weighted by Gasteiger charge is -2.33. The molecular formula is C24H37N3O5. The van der Waals surface area contributed by atoms with Gasteiger partial charge < -0.3 is 25.4 Å². The fraction of sp³-hybridized carbons (Fsp3) is 0.542. The second-order valence-electron chi connectivity index (χ2n) is 8.61. The first kappa shape index (κ1) is 27.0. The van der Waals surface area contributed by atoms with Crippen LogP contribution in [0, 0.1) is 0 Å². The molecule has 0 saturated carbocycles. The first-order chi connectivity index (χ1) is 15.0. The van der Waals surface area contributed by atoms with Crippen molar-refractivity contribution in [3.05, 3.63) is 42.5 Å². The van der Waals surface area contributed by atoms with Crippen LogP contribution in [0.4, 0.5) is 4.79 Å². The Labute approximate surface area is 191 Å². The Morgan fingerprint density at radius 2 is 1.88 bits per heavy atom. The van der Waals surface area contributed by atoms with Gasteiger partial charge in [-0.05, 0) is 40.2 Å². The minimum absolute atomic E-state index is 0.0422. The van der Waals surface area contributed by atoms with Crippen molar-refractivity contribution in [1.82, 2.24) is 15.5 Å². The van der Waals surface area contributed by atoms with Crippen LogP contribution in [0.1, 0.15) is 65.5 Å². The summed E-state index contributed by atoms with van der Waals surface area (Å²) in [6.07, 6.45) is 3.54. The van der Waals surface area contributed by atoms with Crippen LogP contribution in [-0.4, -0.2) is 52.6 Å². The highest BCUT2D eigenvalue weighted by Crippen LogP contribution is 2.29. The van der Waals surface area contributed by atoms with Crippen molar-refractivity contribution in [2.24, 2.45) is 0 Å². The molecule has 1 aromatic carbocycles. The number of rotatable bonds is 11. The summed E-state index contributed by atoms with van der Waals surface area (Å²) in [5, 5.41) is 15.8. The minimum atomic E-state index is -1.09. The number of alkyl carbamates (subject to hydrolysis) is 1. The molecule has 8 heteroatoms. The number of ether oxygens (including phenoxy) is 1. The maximum absolute atomic E-state index is 13.3. The summed E-state index contributed by atoms with van der Waals surface area (Å²) in [6.45, 7) is 12.9. The van der Waals surface area contributed by atoms with Crippen LogP contribution in [0.2, 0.25) is 0 Å². The van der Waals surface area contributed by atoms with Crippen LogP contribution >= 0.6 is 0 Å². The fourth-order valence-electron chi connectivity index (χ4n) is 3.11. The number of para-hydroxylation sites is 1. The van der Waals surface area contributed by atoms with Crippen molar-refractivity contribution in [2.75, 3.05) is 13.1 Å². The van der Waals surface area contributed by atoms with Crippen LogP contribution in [0.25, 0.3) is 0 Å². The van der Waals surface area contributed by atoms with E-state index in [1.807, 2.05) is 0 Å². The quantitative estimate of drug-likeness (QED) is 0.354. The molecule has 0 saturated heterocycles. The Bertz CT molecular complexity index is 788. The van der Waals surface area contributed by atoms with Crippen molar-refractivity contribution in [3.63, 3.8) is 0 Å². The van der Waals surface area contributed by atoms with E-state index in [9.17, 15) is 19.5 Å². The van der Waals surface area contributed by atoms with E-state index in [0.29, 0.717) is 12.1 Å². The van der Waals surface area contributed by atoms with Gasteiger partial charge >= 0.3 is 6.09 Å². The predicted octanol–water partition coefficient (Wildman–Crippen LogP) is 3.67. The van der Waals surface area contributed by atoms with Gasteiger partial charge in [0.15, 0.2) is 0 Å². The van der Waals surface area contributed by atoms with E-state index >= 15 is 0 Å². The molecule has 2 atom stereocenters. The van der Waals surface area contributed by atoms with Crippen LogP contribution in [0.5, 0.6) is 5.75 Å². The molecule has 0 heterocycles. The second kappa shape index (κ2) is 12.7. The summed E-state index contributed by atoms with van der Waals surface area (Å²) in [5.41, 5.74) is -0.426. The molecule has 0 fully saturated rings. The maximum atomic E-state index is 13.3. The predicted molar refractivity (Wildman–Crippen MR) is 124 cm³/mol. The summed E-state index contributed by atoms with van der Waals surface area (Å²) >= 11 is 0. The van der Waals surface area contributed by atoms with Crippen LogP contribution in [0.3, 0.4) is 0 Å². The van der Waals surface area contributed by atoms with Crippen LogP contribution in [-0.2, 0) is 14.3 Å². The first-order valence-corrected chi connectivity index (χ1v) is 11.0. The molecule has 0 aliphatic heterocycles. The molecule has 32 heavy (non-hydrogen) atoms. The molecule has 0 bridgehead atoms. The summed E-state index contributed by atoms with van der Waals surface area (Å²) in [6, 6.07) is 4.33. The number of amides is 3. The number of nitrogens with zero attached hydrogens (tertiary/aromatic N) is 1. The van der Waals surface area contributed by atoms with Crippen molar-refractivity contribution in [3.8, 4) is 5.75 Å². The summed E-state index contributed by atoms with van der Waals surface area (Å²) < 4.78 is 5.23. The summed E-state index contributed by atoms with van der Waals surface area (Å²) in [5.74, 6) is -1.02. The van der Waals surface area contributed by atoms with Gasteiger partial charge in [0.1, 0.15) is 23.4 Å². The standard InChI is InChI=1S/C24H37N3O5/c1-7-9-12-15-25-21(29)20(18-13-10-11-14-19(18)28)27(16-8-2)22(30)17(3)26-23(31)32-24(4,5)6/h8,10-11,13-14,17,20,28H,2,7,9,12,15-16H2,1,3-6H3,(H,25,29)(H,26,31). The average Bonchev–Trinajstić information content (AvgIpc) is 2.70. The van der Waals surface area contributed by atoms with E-state index in [-0.39, 0.29) is 12.3 Å². The lowest BCUT2D eigenvalue weighted by Crippen LogP contribution is -2.52. The highest BCUT2D eigenvalue weighted by Gasteiger charge is 2.35. The SMILES string of the molecule is C=CCN(C(=O)C(C)NC(=O)OC(C)(C)C)C(C(=O)NCCCCC)c1ccccc1O. The highest BCUT2D eigenvalue weighted by atomic mass is 16.6. The lowest BCUT2D eigenvalue weighted by atomic mass is 10.0. The molecule has 178 valence electrons. The van der Waals surface area contributed by atoms with Gasteiger partial charge in [0, 0.05) is 18.7 Å². The van der Waals surface area contributed by atoms with E-state index in [0.717, 1.165) is 19.3 Å². The molecule has 0 spiro atoms. The number of phenols is 1. The molecule has 1 aromatic rings. The van der Waals surface area contributed by atoms with E-state index in [1.165, 1.54) is 24.0 Å². The van der Waals surface area contributed by atoms with Gasteiger partial charge in [0.05, 0.1) is 0 Å². The number of nitrogens with one attached hydrogen (secondary N) is 2. The summed E-state index contributed by atoms with van der Waals surface area (Å²) in [4.78, 5) is 39.9. The zero-order chi connectivity index (χ0) is 24.3. The molecular weight excluding hydrogens is 410 g/mol. The van der Waals surface area contributed by atoms with Gasteiger partial charge in [-0.25, -0.2) is 4.79 Å². The Morgan fingerprint density at radius 1 is 1.22 bits per heavy atom.